The van der Waals surface area contributed by atoms with Crippen molar-refractivity contribution in [3.63, 3.8) is 0 Å². The lowest BCUT2D eigenvalue weighted by Gasteiger charge is -2.33. The molecule has 7 nitrogen and oxygen atoms in total. The fraction of sp³-hybridized carbons (Fsp3) is 0.588. The van der Waals surface area contributed by atoms with Gasteiger partial charge in [-0.3, -0.25) is 9.48 Å². The summed E-state index contributed by atoms with van der Waals surface area (Å²) in [5.41, 5.74) is 0.719. The molecule has 2 aliphatic rings. The number of fused-ring (bicyclic) bond motifs is 1. The van der Waals surface area contributed by atoms with Gasteiger partial charge in [-0.25, -0.2) is 4.98 Å². The first-order valence-electron chi connectivity index (χ1n) is 8.63. The van der Waals surface area contributed by atoms with E-state index in [0.717, 1.165) is 30.9 Å². The summed E-state index contributed by atoms with van der Waals surface area (Å²) in [5, 5.41) is 4.21. The van der Waals surface area contributed by atoms with Gasteiger partial charge in [-0.2, -0.15) is 5.10 Å². The Hall–Kier alpha value is -2.15. The summed E-state index contributed by atoms with van der Waals surface area (Å²) < 4.78 is 9.74. The van der Waals surface area contributed by atoms with Crippen LogP contribution in [0.25, 0.3) is 0 Å². The minimum absolute atomic E-state index is 0.0219. The normalized spacial score (nSPS) is 24.0. The molecule has 4 rings (SSSR count). The zero-order chi connectivity index (χ0) is 16.5. The van der Waals surface area contributed by atoms with Gasteiger partial charge < -0.3 is 14.2 Å². The molecule has 1 saturated heterocycles. The number of ether oxygens (including phenoxy) is 1. The molecular formula is C17H23N5O2. The molecule has 1 fully saturated rings. The van der Waals surface area contributed by atoms with Crippen LogP contribution in [0.3, 0.4) is 0 Å². The molecule has 4 heterocycles. The summed E-state index contributed by atoms with van der Waals surface area (Å²) >= 11 is 0. The number of amides is 1. The predicted molar refractivity (Wildman–Crippen MR) is 87.6 cm³/mol. The summed E-state index contributed by atoms with van der Waals surface area (Å²) in [4.78, 5) is 19.3. The third kappa shape index (κ3) is 2.96. The van der Waals surface area contributed by atoms with Gasteiger partial charge in [-0.15, -0.1) is 0 Å². The van der Waals surface area contributed by atoms with Crippen LogP contribution in [0.1, 0.15) is 29.7 Å². The van der Waals surface area contributed by atoms with Crippen LogP contribution in [0.4, 0.5) is 0 Å². The number of hydrogen-bond donors (Lipinski definition) is 0. The number of carbonyl (C=O) groups excluding carboxylic acids is 1. The molecule has 2 aliphatic heterocycles. The summed E-state index contributed by atoms with van der Waals surface area (Å²) in [7, 11) is 0. The number of carbonyl (C=O) groups is 1. The van der Waals surface area contributed by atoms with Crippen molar-refractivity contribution < 1.29 is 9.53 Å². The lowest BCUT2D eigenvalue weighted by atomic mass is 10.0. The molecule has 24 heavy (non-hydrogen) atoms. The average Bonchev–Trinajstić information content (AvgIpc) is 3.23. The van der Waals surface area contributed by atoms with Crippen molar-refractivity contribution >= 4 is 5.91 Å². The summed E-state index contributed by atoms with van der Waals surface area (Å²) in [5.74, 6) is 1.75. The third-order valence-electron chi connectivity index (χ3n) is 4.91. The monoisotopic (exact) mass is 329 g/mol. The van der Waals surface area contributed by atoms with Crippen molar-refractivity contribution in [1.29, 1.82) is 0 Å². The molecule has 1 amide bonds. The summed E-state index contributed by atoms with van der Waals surface area (Å²) in [6.45, 7) is 5.58. The summed E-state index contributed by atoms with van der Waals surface area (Å²) in [6, 6.07) is 1.89. The molecule has 0 bridgehead atoms. The second kappa shape index (κ2) is 6.39. The second-order valence-electron chi connectivity index (χ2n) is 6.78. The highest BCUT2D eigenvalue weighted by atomic mass is 16.5. The SMILES string of the molecule is CC1CCn2c(C(=O)N3CCOC(Cn4cccn4)C3)cnc2C1. The van der Waals surface area contributed by atoms with Gasteiger partial charge in [-0.1, -0.05) is 6.92 Å². The van der Waals surface area contributed by atoms with Crippen molar-refractivity contribution in [3.05, 3.63) is 36.2 Å². The van der Waals surface area contributed by atoms with Crippen LogP contribution >= 0.6 is 0 Å². The first-order chi connectivity index (χ1) is 11.7. The van der Waals surface area contributed by atoms with Crippen molar-refractivity contribution in [2.24, 2.45) is 5.92 Å². The lowest BCUT2D eigenvalue weighted by molar-refractivity contribution is -0.0303. The van der Waals surface area contributed by atoms with E-state index in [4.69, 9.17) is 4.74 Å². The Kier molecular flexibility index (Phi) is 4.10. The van der Waals surface area contributed by atoms with E-state index >= 15 is 0 Å². The van der Waals surface area contributed by atoms with E-state index in [1.165, 1.54) is 0 Å². The molecule has 0 saturated carbocycles. The maximum absolute atomic E-state index is 12.9. The van der Waals surface area contributed by atoms with E-state index in [0.29, 0.717) is 32.2 Å². The molecule has 2 unspecified atom stereocenters. The molecule has 2 aromatic heterocycles. The van der Waals surface area contributed by atoms with Gasteiger partial charge in [0.2, 0.25) is 0 Å². The van der Waals surface area contributed by atoms with Gasteiger partial charge in [-0.05, 0) is 18.4 Å². The summed E-state index contributed by atoms with van der Waals surface area (Å²) in [6.07, 6.45) is 7.45. The zero-order valence-electron chi connectivity index (χ0n) is 14.0. The molecule has 7 heteroatoms. The number of aromatic nitrogens is 4. The molecule has 2 atom stereocenters. The van der Waals surface area contributed by atoms with Crippen LogP contribution < -0.4 is 0 Å². The molecule has 0 spiro atoms. The Morgan fingerprint density at radius 2 is 2.33 bits per heavy atom. The van der Waals surface area contributed by atoms with Crippen molar-refractivity contribution in [2.45, 2.75) is 39.0 Å². The van der Waals surface area contributed by atoms with E-state index in [9.17, 15) is 4.79 Å². The van der Waals surface area contributed by atoms with E-state index < -0.39 is 0 Å². The number of rotatable bonds is 3. The van der Waals surface area contributed by atoms with Gasteiger partial charge in [0.25, 0.3) is 5.91 Å². The van der Waals surface area contributed by atoms with Gasteiger partial charge in [0.1, 0.15) is 11.5 Å². The van der Waals surface area contributed by atoms with E-state index in [-0.39, 0.29) is 12.0 Å². The van der Waals surface area contributed by atoms with Crippen LogP contribution in [0, 0.1) is 5.92 Å². The van der Waals surface area contributed by atoms with Gasteiger partial charge in [0.05, 0.1) is 25.5 Å². The first kappa shape index (κ1) is 15.4. The fourth-order valence-electron chi connectivity index (χ4n) is 3.55. The van der Waals surface area contributed by atoms with Gasteiger partial charge in [0, 0.05) is 38.4 Å². The van der Waals surface area contributed by atoms with Crippen LogP contribution in [-0.4, -0.2) is 55.9 Å². The molecule has 0 aromatic carbocycles. The average molecular weight is 329 g/mol. The Bertz CT molecular complexity index is 709. The zero-order valence-corrected chi connectivity index (χ0v) is 14.0. The quantitative estimate of drug-likeness (QED) is 0.849. The minimum atomic E-state index is -0.0219. The topological polar surface area (TPSA) is 65.2 Å². The number of hydrogen-bond acceptors (Lipinski definition) is 4. The molecular weight excluding hydrogens is 306 g/mol. The number of morpholine rings is 1. The molecule has 0 aliphatic carbocycles. The van der Waals surface area contributed by atoms with Crippen molar-refractivity contribution in [2.75, 3.05) is 19.7 Å². The van der Waals surface area contributed by atoms with Crippen LogP contribution in [0.5, 0.6) is 0 Å². The Morgan fingerprint density at radius 1 is 1.42 bits per heavy atom. The lowest BCUT2D eigenvalue weighted by Crippen LogP contribution is -2.47. The molecule has 2 aromatic rings. The predicted octanol–water partition coefficient (Wildman–Crippen LogP) is 1.20. The Labute approximate surface area is 141 Å². The van der Waals surface area contributed by atoms with Crippen molar-refractivity contribution in [1.82, 2.24) is 24.2 Å². The Balaban J connectivity index is 1.46. The minimum Gasteiger partial charge on any atom is -0.373 e. The smallest absolute Gasteiger partial charge is 0.272 e. The molecule has 0 N–H and O–H groups in total. The van der Waals surface area contributed by atoms with E-state index in [2.05, 4.69) is 21.6 Å². The van der Waals surface area contributed by atoms with Crippen molar-refractivity contribution in [3.8, 4) is 0 Å². The molecule has 0 radical (unpaired) electrons. The Morgan fingerprint density at radius 3 is 3.17 bits per heavy atom. The molecule has 128 valence electrons. The largest absolute Gasteiger partial charge is 0.373 e. The van der Waals surface area contributed by atoms with Crippen LogP contribution in [-0.2, 0) is 24.2 Å². The fourth-order valence-corrected chi connectivity index (χ4v) is 3.55. The number of imidazole rings is 1. The third-order valence-corrected chi connectivity index (χ3v) is 4.91. The number of nitrogens with zero attached hydrogens (tertiary/aromatic N) is 5. The van der Waals surface area contributed by atoms with Crippen LogP contribution in [0.2, 0.25) is 0 Å². The van der Waals surface area contributed by atoms with Gasteiger partial charge >= 0.3 is 0 Å². The van der Waals surface area contributed by atoms with E-state index in [1.807, 2.05) is 21.8 Å². The van der Waals surface area contributed by atoms with Crippen LogP contribution in [0.15, 0.2) is 24.7 Å². The van der Waals surface area contributed by atoms with E-state index in [1.54, 1.807) is 12.4 Å². The maximum atomic E-state index is 12.9. The second-order valence-corrected chi connectivity index (χ2v) is 6.78. The highest BCUT2D eigenvalue weighted by molar-refractivity contribution is 5.92. The highest BCUT2D eigenvalue weighted by Crippen LogP contribution is 2.22. The maximum Gasteiger partial charge on any atom is 0.272 e. The highest BCUT2D eigenvalue weighted by Gasteiger charge is 2.29. The standard InChI is InChI=1S/C17H23N5O2/c1-13-3-6-22-15(10-18-16(22)9-13)17(23)20-7-8-24-14(11-20)12-21-5-2-4-19-21/h2,4-5,10,13-14H,3,6-9,11-12H2,1H3. The van der Waals surface area contributed by atoms with Gasteiger partial charge in [0.15, 0.2) is 0 Å². The first-order valence-corrected chi connectivity index (χ1v) is 8.63.